The highest BCUT2D eigenvalue weighted by atomic mass is 15.2. The van der Waals surface area contributed by atoms with Crippen LogP contribution < -0.4 is 10.2 Å². The zero-order chi connectivity index (χ0) is 15.1. The van der Waals surface area contributed by atoms with Crippen molar-refractivity contribution in [2.45, 2.75) is 13.8 Å². The molecule has 108 valence electrons. The molecule has 2 N–H and O–H groups in total. The number of rotatable bonds is 5. The minimum absolute atomic E-state index is 0.384. The Balaban J connectivity index is 0.000000956. The molecule has 0 aromatic carbocycles. The van der Waals surface area contributed by atoms with Gasteiger partial charge < -0.3 is 15.6 Å². The van der Waals surface area contributed by atoms with Gasteiger partial charge in [0.1, 0.15) is 5.82 Å². The summed E-state index contributed by atoms with van der Waals surface area (Å²) < 4.78 is 0. The lowest BCUT2D eigenvalue weighted by Gasteiger charge is -2.40. The van der Waals surface area contributed by atoms with Gasteiger partial charge in [-0.25, -0.2) is 4.98 Å². The third-order valence-corrected chi connectivity index (χ3v) is 3.22. The summed E-state index contributed by atoms with van der Waals surface area (Å²) in [6.07, 6.45) is 3.13. The summed E-state index contributed by atoms with van der Waals surface area (Å²) in [5.41, 5.74) is 2.66. The maximum Gasteiger partial charge on any atom is 0.134 e. The Morgan fingerprint density at radius 1 is 1.55 bits per heavy atom. The fraction of sp³-hybridized carbons (Fsp3) is 0.400. The molecule has 0 atom stereocenters. The normalized spacial score (nSPS) is 13.7. The maximum atomic E-state index is 7.38. The number of anilines is 2. The molecule has 5 heteroatoms. The monoisotopic (exact) mass is 273 g/mol. The zero-order valence-corrected chi connectivity index (χ0v) is 12.5. The number of aromatic nitrogens is 1. The average Bonchev–Trinajstić information content (AvgIpc) is 2.47. The van der Waals surface area contributed by atoms with Crippen molar-refractivity contribution in [3.05, 3.63) is 30.1 Å². The van der Waals surface area contributed by atoms with Crippen LogP contribution in [-0.2, 0) is 0 Å². The molecular weight excluding hydrogens is 250 g/mol. The Morgan fingerprint density at radius 2 is 2.20 bits per heavy atom. The summed E-state index contributed by atoms with van der Waals surface area (Å²) in [6.45, 7) is 13.1. The SMILES string of the molecule is C=NC(=C)C1CN(c2cnc(NC)c(C=N)c2)C1.CC. The molecule has 1 aliphatic heterocycles. The van der Waals surface area contributed by atoms with Crippen LogP contribution in [0.4, 0.5) is 11.5 Å². The highest BCUT2D eigenvalue weighted by Gasteiger charge is 2.29. The Morgan fingerprint density at radius 3 is 2.70 bits per heavy atom. The average molecular weight is 273 g/mol. The number of nitrogens with one attached hydrogen (secondary N) is 2. The van der Waals surface area contributed by atoms with Gasteiger partial charge in [0, 0.05) is 43.5 Å². The van der Waals surface area contributed by atoms with Crippen LogP contribution in [0.5, 0.6) is 0 Å². The van der Waals surface area contributed by atoms with Gasteiger partial charge in [0.2, 0.25) is 0 Å². The minimum Gasteiger partial charge on any atom is -0.373 e. The van der Waals surface area contributed by atoms with Crippen LogP contribution in [0, 0.1) is 11.3 Å². The number of pyridine rings is 1. The van der Waals surface area contributed by atoms with E-state index in [1.165, 1.54) is 6.21 Å². The number of hydrogen-bond acceptors (Lipinski definition) is 5. The van der Waals surface area contributed by atoms with Gasteiger partial charge in [-0.2, -0.15) is 0 Å². The van der Waals surface area contributed by atoms with Gasteiger partial charge >= 0.3 is 0 Å². The fourth-order valence-corrected chi connectivity index (χ4v) is 1.99. The Bertz CT molecular complexity index is 489. The molecule has 1 fully saturated rings. The van der Waals surface area contributed by atoms with E-state index in [1.807, 2.05) is 26.1 Å². The topological polar surface area (TPSA) is 64.4 Å². The Kier molecular flexibility index (Phi) is 5.90. The first-order chi connectivity index (χ1) is 9.69. The van der Waals surface area contributed by atoms with E-state index in [4.69, 9.17) is 5.41 Å². The summed E-state index contributed by atoms with van der Waals surface area (Å²) in [6, 6.07) is 1.96. The third-order valence-electron chi connectivity index (χ3n) is 3.22. The standard InChI is InChI=1S/C13H17N5.C2H6/c1-9(15-2)11-7-18(8-11)12-4-10(5-14)13(16-3)17-6-12;1-2/h4-6,11,14H,1-2,7-8H2,3H3,(H,16,17);1-2H3. The van der Waals surface area contributed by atoms with Gasteiger partial charge in [0.05, 0.1) is 11.9 Å². The minimum atomic E-state index is 0.384. The molecule has 1 aromatic rings. The molecule has 0 amide bonds. The van der Waals surface area contributed by atoms with Crippen LogP contribution in [0.3, 0.4) is 0 Å². The summed E-state index contributed by atoms with van der Waals surface area (Å²) >= 11 is 0. The molecule has 2 rings (SSSR count). The number of nitrogens with zero attached hydrogens (tertiary/aromatic N) is 3. The molecule has 1 aliphatic rings. The van der Waals surface area contributed by atoms with E-state index in [1.54, 1.807) is 7.05 Å². The lowest BCUT2D eigenvalue weighted by molar-refractivity contribution is 0.468. The van der Waals surface area contributed by atoms with Crippen molar-refractivity contribution in [2.75, 3.05) is 30.4 Å². The van der Waals surface area contributed by atoms with Crippen molar-refractivity contribution < 1.29 is 0 Å². The van der Waals surface area contributed by atoms with Crippen LogP contribution >= 0.6 is 0 Å². The fourth-order valence-electron chi connectivity index (χ4n) is 1.99. The molecule has 0 aliphatic carbocycles. The molecule has 0 bridgehead atoms. The summed E-state index contributed by atoms with van der Waals surface area (Å²) in [7, 11) is 1.80. The van der Waals surface area contributed by atoms with Gasteiger partial charge in [-0.15, -0.1) is 0 Å². The molecule has 1 aromatic heterocycles. The van der Waals surface area contributed by atoms with E-state index in [0.29, 0.717) is 5.92 Å². The molecule has 0 saturated carbocycles. The zero-order valence-electron chi connectivity index (χ0n) is 12.5. The first-order valence-electron chi connectivity index (χ1n) is 6.78. The third kappa shape index (κ3) is 3.23. The van der Waals surface area contributed by atoms with Crippen molar-refractivity contribution in [3.63, 3.8) is 0 Å². The van der Waals surface area contributed by atoms with Gasteiger partial charge in [0.25, 0.3) is 0 Å². The van der Waals surface area contributed by atoms with Gasteiger partial charge in [0.15, 0.2) is 0 Å². The maximum absolute atomic E-state index is 7.38. The second-order valence-corrected chi connectivity index (χ2v) is 4.28. The molecule has 0 radical (unpaired) electrons. The van der Waals surface area contributed by atoms with E-state index in [0.717, 1.165) is 35.9 Å². The van der Waals surface area contributed by atoms with Crippen molar-refractivity contribution in [3.8, 4) is 0 Å². The molecule has 2 heterocycles. The summed E-state index contributed by atoms with van der Waals surface area (Å²) in [4.78, 5) is 10.4. The molecule has 1 saturated heterocycles. The van der Waals surface area contributed by atoms with Gasteiger partial charge in [-0.05, 0) is 12.8 Å². The molecule has 5 nitrogen and oxygen atoms in total. The first-order valence-corrected chi connectivity index (χ1v) is 6.78. The van der Waals surface area contributed by atoms with Gasteiger partial charge in [-0.3, -0.25) is 4.99 Å². The Labute approximate surface area is 121 Å². The van der Waals surface area contributed by atoms with E-state index in [-0.39, 0.29) is 0 Å². The Hall–Kier alpha value is -2.17. The predicted molar refractivity (Wildman–Crippen MR) is 87.4 cm³/mol. The quantitative estimate of drug-likeness (QED) is 0.811. The van der Waals surface area contributed by atoms with Crippen molar-refractivity contribution in [2.24, 2.45) is 10.9 Å². The van der Waals surface area contributed by atoms with E-state index < -0.39 is 0 Å². The summed E-state index contributed by atoms with van der Waals surface area (Å²) in [5.74, 6) is 1.11. The second kappa shape index (κ2) is 7.43. The first kappa shape index (κ1) is 15.9. The number of hydrogen-bond donors (Lipinski definition) is 2. The highest BCUT2D eigenvalue weighted by molar-refractivity contribution is 5.85. The smallest absolute Gasteiger partial charge is 0.134 e. The van der Waals surface area contributed by atoms with E-state index >= 15 is 0 Å². The van der Waals surface area contributed by atoms with Crippen LogP contribution in [0.2, 0.25) is 0 Å². The predicted octanol–water partition coefficient (Wildman–Crippen LogP) is 2.80. The molecule has 0 spiro atoms. The van der Waals surface area contributed by atoms with Gasteiger partial charge in [-0.1, -0.05) is 20.4 Å². The molecule has 0 unspecified atom stereocenters. The highest BCUT2D eigenvalue weighted by Crippen LogP contribution is 2.29. The molecular formula is C15H23N5. The molecule has 20 heavy (non-hydrogen) atoms. The van der Waals surface area contributed by atoms with Crippen molar-refractivity contribution >= 4 is 24.4 Å². The van der Waals surface area contributed by atoms with Crippen molar-refractivity contribution in [1.29, 1.82) is 5.41 Å². The van der Waals surface area contributed by atoms with Crippen LogP contribution in [0.25, 0.3) is 0 Å². The van der Waals surface area contributed by atoms with Crippen LogP contribution in [0.1, 0.15) is 19.4 Å². The van der Waals surface area contributed by atoms with E-state index in [2.05, 4.69) is 33.5 Å². The second-order valence-electron chi connectivity index (χ2n) is 4.28. The lowest BCUT2D eigenvalue weighted by Crippen LogP contribution is -2.47. The lowest BCUT2D eigenvalue weighted by atomic mass is 9.96. The summed E-state index contributed by atoms with van der Waals surface area (Å²) in [5, 5.41) is 10.3. The van der Waals surface area contributed by atoms with Crippen molar-refractivity contribution in [1.82, 2.24) is 4.98 Å². The van der Waals surface area contributed by atoms with Crippen LogP contribution in [0.15, 0.2) is 29.5 Å². The van der Waals surface area contributed by atoms with Crippen LogP contribution in [-0.4, -0.2) is 38.1 Å². The van der Waals surface area contributed by atoms with E-state index in [9.17, 15) is 0 Å². The largest absolute Gasteiger partial charge is 0.373 e. The number of aliphatic imine (C=N–C) groups is 1.